The summed E-state index contributed by atoms with van der Waals surface area (Å²) in [5.41, 5.74) is 12.0. The quantitative estimate of drug-likeness (QED) is 0.758. The van der Waals surface area contributed by atoms with Gasteiger partial charge in [-0.15, -0.1) is 0 Å². The molecule has 0 spiro atoms. The topological polar surface area (TPSA) is 58.4 Å². The van der Waals surface area contributed by atoms with Crippen molar-refractivity contribution in [2.45, 2.75) is 26.3 Å². The van der Waals surface area contributed by atoms with E-state index in [1.165, 1.54) is 11.1 Å². The number of carbonyl (C=O) groups excluding carboxylic acids is 1. The smallest absolute Gasteiger partial charge is 0.251 e. The van der Waals surface area contributed by atoms with Crippen molar-refractivity contribution in [1.29, 1.82) is 0 Å². The third-order valence-electron chi connectivity index (χ3n) is 2.62. The first-order valence-corrected chi connectivity index (χ1v) is 5.69. The van der Waals surface area contributed by atoms with Gasteiger partial charge in [0.25, 0.3) is 5.91 Å². The molecule has 0 aliphatic rings. The highest BCUT2D eigenvalue weighted by Crippen LogP contribution is 2.12. The second kappa shape index (κ2) is 5.80. The maximum absolute atomic E-state index is 11.7. The highest BCUT2D eigenvalue weighted by molar-refractivity contribution is 5.81. The SMILES string of the molecule is Cc1ccc(C)c(CC(N)C(=O)NN(C)C)c1. The standard InChI is InChI=1S/C13H21N3O/c1-9-5-6-10(2)11(7-9)8-12(14)13(17)15-16(3)4/h5-7,12H,8,14H2,1-4H3,(H,15,17). The molecule has 4 heteroatoms. The molecule has 0 aliphatic heterocycles. The van der Waals surface area contributed by atoms with E-state index in [0.717, 1.165) is 5.56 Å². The van der Waals surface area contributed by atoms with Crippen LogP contribution in [0.25, 0.3) is 0 Å². The summed E-state index contributed by atoms with van der Waals surface area (Å²) in [7, 11) is 3.53. The van der Waals surface area contributed by atoms with Gasteiger partial charge in [0.05, 0.1) is 6.04 Å². The summed E-state index contributed by atoms with van der Waals surface area (Å²) in [6.45, 7) is 4.07. The van der Waals surface area contributed by atoms with E-state index >= 15 is 0 Å². The van der Waals surface area contributed by atoms with E-state index in [-0.39, 0.29) is 5.91 Å². The van der Waals surface area contributed by atoms with Gasteiger partial charge in [-0.2, -0.15) is 0 Å². The van der Waals surface area contributed by atoms with Crippen molar-refractivity contribution in [2.24, 2.45) is 5.73 Å². The molecule has 1 unspecified atom stereocenters. The zero-order valence-corrected chi connectivity index (χ0v) is 10.9. The third kappa shape index (κ3) is 4.17. The molecular weight excluding hydrogens is 214 g/mol. The molecule has 1 amide bonds. The van der Waals surface area contributed by atoms with Gasteiger partial charge in [0.2, 0.25) is 0 Å². The van der Waals surface area contributed by atoms with Gasteiger partial charge in [0.15, 0.2) is 0 Å². The molecule has 0 radical (unpaired) electrons. The molecule has 94 valence electrons. The maximum Gasteiger partial charge on any atom is 0.251 e. The number of rotatable bonds is 4. The fourth-order valence-electron chi connectivity index (χ4n) is 1.65. The average molecular weight is 235 g/mol. The summed E-state index contributed by atoms with van der Waals surface area (Å²) in [5.74, 6) is -0.157. The zero-order chi connectivity index (χ0) is 13.0. The first kappa shape index (κ1) is 13.7. The van der Waals surface area contributed by atoms with Crippen molar-refractivity contribution in [3.05, 3.63) is 34.9 Å². The lowest BCUT2D eigenvalue weighted by atomic mass is 9.99. The molecule has 4 nitrogen and oxygen atoms in total. The van der Waals surface area contributed by atoms with Crippen molar-refractivity contribution in [3.8, 4) is 0 Å². The first-order valence-electron chi connectivity index (χ1n) is 5.69. The summed E-state index contributed by atoms with van der Waals surface area (Å²) in [4.78, 5) is 11.7. The Labute approximate surface area is 103 Å². The highest BCUT2D eigenvalue weighted by Gasteiger charge is 2.15. The Hall–Kier alpha value is -1.39. The Morgan fingerprint density at radius 2 is 2.06 bits per heavy atom. The van der Waals surface area contributed by atoms with Crippen LogP contribution >= 0.6 is 0 Å². The summed E-state index contributed by atoms with van der Waals surface area (Å²) < 4.78 is 0. The molecule has 0 saturated heterocycles. The number of nitrogens with two attached hydrogens (primary N) is 1. The molecule has 1 aromatic rings. The Bertz CT molecular complexity index is 402. The molecule has 0 saturated carbocycles. The molecule has 1 atom stereocenters. The number of hydrazine groups is 1. The number of carbonyl (C=O) groups is 1. The van der Waals surface area contributed by atoms with Gasteiger partial charge in [-0.25, -0.2) is 5.01 Å². The molecule has 0 bridgehead atoms. The van der Waals surface area contributed by atoms with Gasteiger partial charge < -0.3 is 5.73 Å². The van der Waals surface area contributed by atoms with E-state index in [2.05, 4.69) is 23.6 Å². The van der Waals surface area contributed by atoms with Crippen LogP contribution in [-0.4, -0.2) is 31.1 Å². The van der Waals surface area contributed by atoms with Crippen LogP contribution < -0.4 is 11.2 Å². The van der Waals surface area contributed by atoms with Crippen LogP contribution in [0, 0.1) is 13.8 Å². The summed E-state index contributed by atoms with van der Waals surface area (Å²) in [6.07, 6.45) is 0.563. The molecule has 0 aliphatic carbocycles. The number of hydrogen-bond acceptors (Lipinski definition) is 3. The fourth-order valence-corrected chi connectivity index (χ4v) is 1.65. The lowest BCUT2D eigenvalue weighted by Gasteiger charge is -2.17. The maximum atomic E-state index is 11.7. The normalized spacial score (nSPS) is 12.6. The van der Waals surface area contributed by atoms with Crippen LogP contribution in [0.4, 0.5) is 0 Å². The summed E-state index contributed by atoms with van der Waals surface area (Å²) in [6, 6.07) is 5.68. The minimum Gasteiger partial charge on any atom is -0.320 e. The highest BCUT2D eigenvalue weighted by atomic mass is 16.2. The van der Waals surface area contributed by atoms with Gasteiger partial charge >= 0.3 is 0 Å². The minimum absolute atomic E-state index is 0.157. The Morgan fingerprint density at radius 3 is 2.65 bits per heavy atom. The molecule has 3 N–H and O–H groups in total. The van der Waals surface area contributed by atoms with Crippen LogP contribution in [0.15, 0.2) is 18.2 Å². The van der Waals surface area contributed by atoms with Gasteiger partial charge in [-0.1, -0.05) is 23.8 Å². The van der Waals surface area contributed by atoms with E-state index in [4.69, 9.17) is 5.73 Å². The van der Waals surface area contributed by atoms with Gasteiger partial charge in [-0.05, 0) is 31.4 Å². The van der Waals surface area contributed by atoms with Gasteiger partial charge in [-0.3, -0.25) is 10.2 Å². The predicted molar refractivity (Wildman–Crippen MR) is 69.4 cm³/mol. The Morgan fingerprint density at radius 1 is 1.41 bits per heavy atom. The molecule has 17 heavy (non-hydrogen) atoms. The lowest BCUT2D eigenvalue weighted by Crippen LogP contribution is -2.47. The number of aryl methyl sites for hydroxylation is 2. The van der Waals surface area contributed by atoms with E-state index in [1.807, 2.05) is 13.8 Å². The van der Waals surface area contributed by atoms with Crippen molar-refractivity contribution < 1.29 is 4.79 Å². The van der Waals surface area contributed by atoms with Gasteiger partial charge in [0, 0.05) is 14.1 Å². The number of nitrogens with zero attached hydrogens (tertiary/aromatic N) is 1. The number of amides is 1. The van der Waals surface area contributed by atoms with Crippen LogP contribution in [0.1, 0.15) is 16.7 Å². The molecular formula is C13H21N3O. The monoisotopic (exact) mass is 235 g/mol. The Kier molecular flexibility index (Phi) is 4.66. The predicted octanol–water partition coefficient (Wildman–Crippen LogP) is 0.766. The number of benzene rings is 1. The van der Waals surface area contributed by atoms with Crippen LogP contribution in [0.2, 0.25) is 0 Å². The van der Waals surface area contributed by atoms with E-state index < -0.39 is 6.04 Å². The minimum atomic E-state index is -0.516. The van der Waals surface area contributed by atoms with Crippen molar-refractivity contribution >= 4 is 5.91 Å². The zero-order valence-electron chi connectivity index (χ0n) is 10.9. The molecule has 0 fully saturated rings. The number of hydrogen-bond donors (Lipinski definition) is 2. The fraction of sp³-hybridized carbons (Fsp3) is 0.462. The van der Waals surface area contributed by atoms with E-state index in [0.29, 0.717) is 6.42 Å². The second-order valence-corrected chi connectivity index (χ2v) is 4.61. The van der Waals surface area contributed by atoms with Crippen molar-refractivity contribution in [2.75, 3.05) is 14.1 Å². The van der Waals surface area contributed by atoms with Crippen molar-refractivity contribution in [1.82, 2.24) is 10.4 Å². The number of nitrogens with one attached hydrogen (secondary N) is 1. The van der Waals surface area contributed by atoms with Crippen LogP contribution in [-0.2, 0) is 11.2 Å². The van der Waals surface area contributed by atoms with Crippen molar-refractivity contribution in [3.63, 3.8) is 0 Å². The van der Waals surface area contributed by atoms with Gasteiger partial charge in [0.1, 0.15) is 0 Å². The summed E-state index contributed by atoms with van der Waals surface area (Å²) in [5, 5.41) is 1.60. The van der Waals surface area contributed by atoms with Crippen LogP contribution in [0.5, 0.6) is 0 Å². The van der Waals surface area contributed by atoms with E-state index in [1.54, 1.807) is 19.1 Å². The lowest BCUT2D eigenvalue weighted by molar-refractivity contribution is -0.126. The van der Waals surface area contributed by atoms with Crippen LogP contribution in [0.3, 0.4) is 0 Å². The summed E-state index contributed by atoms with van der Waals surface area (Å²) >= 11 is 0. The average Bonchev–Trinajstić information content (AvgIpc) is 2.22. The van der Waals surface area contributed by atoms with E-state index in [9.17, 15) is 4.79 Å². The molecule has 0 aromatic heterocycles. The molecule has 0 heterocycles. The molecule has 1 rings (SSSR count). The molecule has 1 aromatic carbocycles. The second-order valence-electron chi connectivity index (χ2n) is 4.61. The largest absolute Gasteiger partial charge is 0.320 e. The third-order valence-corrected chi connectivity index (χ3v) is 2.62. The first-order chi connectivity index (χ1) is 7.90. The Balaban J connectivity index is 2.70.